The second-order valence-corrected chi connectivity index (χ2v) is 16.7. The maximum atomic E-state index is 6.40. The fourth-order valence-electron chi connectivity index (χ4n) is 7.98. The van der Waals surface area contributed by atoms with Gasteiger partial charge in [0.2, 0.25) is 0 Å². The van der Waals surface area contributed by atoms with Crippen molar-refractivity contribution in [2.75, 3.05) is 58.9 Å². The number of nitrogens with zero attached hydrogens (tertiary/aromatic N) is 4. The Bertz CT molecular complexity index is 734. The van der Waals surface area contributed by atoms with Crippen LogP contribution < -0.4 is 11.5 Å². The molecule has 0 aliphatic carbocycles. The van der Waals surface area contributed by atoms with Crippen molar-refractivity contribution in [2.45, 2.75) is 171 Å². The molecule has 0 aromatic rings. The van der Waals surface area contributed by atoms with Crippen LogP contribution in [-0.4, -0.2) is 108 Å². The molecule has 0 bridgehead atoms. The van der Waals surface area contributed by atoms with Crippen molar-refractivity contribution in [3.63, 3.8) is 0 Å². The molecule has 0 saturated carbocycles. The molecule has 6 heteroatoms. The third-order valence-electron chi connectivity index (χ3n) is 11.9. The summed E-state index contributed by atoms with van der Waals surface area (Å²) in [6.07, 6.45) is 11.5. The normalized spacial score (nSPS) is 26.2. The molecule has 0 aromatic carbocycles. The molecular formula is C38H82N6. The predicted octanol–water partition coefficient (Wildman–Crippen LogP) is 7.31. The molecule has 4 N–H and O–H groups in total. The van der Waals surface area contributed by atoms with Gasteiger partial charge in [-0.15, -0.1) is 0 Å². The molecule has 0 aromatic heterocycles. The number of nitrogens with two attached hydrogens (primary N) is 2. The Morgan fingerprint density at radius 2 is 1.09 bits per heavy atom. The summed E-state index contributed by atoms with van der Waals surface area (Å²) in [5.41, 5.74) is 13.3. The van der Waals surface area contributed by atoms with Crippen molar-refractivity contribution in [1.82, 2.24) is 19.6 Å². The number of likely N-dealkylation sites (tertiary alicyclic amines) is 4. The molecule has 4 heterocycles. The summed E-state index contributed by atoms with van der Waals surface area (Å²) < 4.78 is 0. The van der Waals surface area contributed by atoms with E-state index in [-0.39, 0.29) is 13.0 Å². The summed E-state index contributed by atoms with van der Waals surface area (Å²) >= 11 is 0. The molecule has 4 rings (SSSR count). The highest BCUT2D eigenvalue weighted by Crippen LogP contribution is 2.35. The van der Waals surface area contributed by atoms with Gasteiger partial charge in [0.15, 0.2) is 0 Å². The standard InChI is InChI=1S/C14H28N2.C12H26N2.C11H24N2.CH4/c1-12(2)15-9-6-14(4,7-10-15)16-8-5-13(3)11-16;1-10(2)9-12(13)5-7-14(8-6-12)11(3)4;1-4-11(9-12)5-7-13(8-6-11)10(2)3;/h12-13H,5-11H2,1-4H3;10-11H,5-9,13H2,1-4H3;10H,4-9,12H2,1-3H3;1H4/t13-;;;/m0.../s1. The van der Waals surface area contributed by atoms with E-state index in [1.807, 2.05) is 0 Å². The van der Waals surface area contributed by atoms with Gasteiger partial charge in [-0.05, 0) is 150 Å². The monoisotopic (exact) mass is 623 g/mol. The Balaban J connectivity index is 0.000000328. The lowest BCUT2D eigenvalue weighted by molar-refractivity contribution is 0.0382. The first-order valence-electron chi connectivity index (χ1n) is 18.5. The van der Waals surface area contributed by atoms with Gasteiger partial charge in [-0.2, -0.15) is 0 Å². The zero-order valence-corrected chi connectivity index (χ0v) is 31.1. The number of rotatable bonds is 8. The first-order valence-corrected chi connectivity index (χ1v) is 18.5. The third-order valence-corrected chi connectivity index (χ3v) is 11.9. The van der Waals surface area contributed by atoms with Crippen LogP contribution in [0.15, 0.2) is 0 Å². The first-order chi connectivity index (χ1) is 20.1. The van der Waals surface area contributed by atoms with E-state index in [1.165, 1.54) is 110 Å². The molecule has 4 aliphatic rings. The van der Waals surface area contributed by atoms with Crippen LogP contribution in [0.2, 0.25) is 0 Å². The Hall–Kier alpha value is -0.240. The summed E-state index contributed by atoms with van der Waals surface area (Å²) in [4.78, 5) is 10.5. The maximum absolute atomic E-state index is 6.40. The average molecular weight is 623 g/mol. The van der Waals surface area contributed by atoms with Crippen LogP contribution >= 0.6 is 0 Å². The Morgan fingerprint density at radius 3 is 1.41 bits per heavy atom. The second kappa shape index (κ2) is 18.9. The lowest BCUT2D eigenvalue weighted by Crippen LogP contribution is -2.53. The third kappa shape index (κ3) is 12.8. The summed E-state index contributed by atoms with van der Waals surface area (Å²) in [6.45, 7) is 36.4. The molecular weight excluding hydrogens is 540 g/mol. The molecule has 0 amide bonds. The maximum Gasteiger partial charge on any atom is 0.0205 e. The molecule has 4 aliphatic heterocycles. The lowest BCUT2D eigenvalue weighted by atomic mass is 9.76. The minimum Gasteiger partial charge on any atom is -0.330 e. The zero-order valence-electron chi connectivity index (χ0n) is 31.1. The molecule has 44 heavy (non-hydrogen) atoms. The number of piperidine rings is 3. The van der Waals surface area contributed by atoms with Crippen molar-refractivity contribution in [3.8, 4) is 0 Å². The molecule has 0 radical (unpaired) electrons. The number of hydrogen-bond donors (Lipinski definition) is 2. The molecule has 264 valence electrons. The van der Waals surface area contributed by atoms with E-state index in [9.17, 15) is 0 Å². The number of hydrogen-bond acceptors (Lipinski definition) is 6. The smallest absolute Gasteiger partial charge is 0.0205 e. The molecule has 4 saturated heterocycles. The topological polar surface area (TPSA) is 65.0 Å². The highest BCUT2D eigenvalue weighted by Gasteiger charge is 2.38. The second-order valence-electron chi connectivity index (χ2n) is 16.7. The Kier molecular flexibility index (Phi) is 18.0. The van der Waals surface area contributed by atoms with Gasteiger partial charge in [-0.1, -0.05) is 35.1 Å². The molecule has 6 nitrogen and oxygen atoms in total. The summed E-state index contributed by atoms with van der Waals surface area (Å²) in [5.74, 6) is 1.64. The van der Waals surface area contributed by atoms with Gasteiger partial charge >= 0.3 is 0 Å². The van der Waals surface area contributed by atoms with Gasteiger partial charge < -0.3 is 26.2 Å². The summed E-state index contributed by atoms with van der Waals surface area (Å²) in [6, 6.07) is 2.10. The van der Waals surface area contributed by atoms with Crippen molar-refractivity contribution < 1.29 is 0 Å². The van der Waals surface area contributed by atoms with Crippen molar-refractivity contribution >= 4 is 0 Å². The van der Waals surface area contributed by atoms with E-state index in [0.29, 0.717) is 23.0 Å². The van der Waals surface area contributed by atoms with E-state index in [1.54, 1.807) is 0 Å². The van der Waals surface area contributed by atoms with Crippen LogP contribution in [0.5, 0.6) is 0 Å². The molecule has 4 fully saturated rings. The first kappa shape index (κ1) is 41.8. The van der Waals surface area contributed by atoms with Crippen LogP contribution in [0.4, 0.5) is 0 Å². The average Bonchev–Trinajstić information content (AvgIpc) is 3.41. The quantitative estimate of drug-likeness (QED) is 0.296. The molecule has 0 unspecified atom stereocenters. The highest BCUT2D eigenvalue weighted by molar-refractivity contribution is 4.95. The van der Waals surface area contributed by atoms with Gasteiger partial charge in [-0.3, -0.25) is 4.90 Å². The van der Waals surface area contributed by atoms with Crippen LogP contribution in [0.25, 0.3) is 0 Å². The van der Waals surface area contributed by atoms with Gasteiger partial charge in [-0.25, -0.2) is 0 Å². The van der Waals surface area contributed by atoms with Gasteiger partial charge in [0, 0.05) is 61.9 Å². The van der Waals surface area contributed by atoms with Crippen molar-refractivity contribution in [2.24, 2.45) is 28.7 Å². The van der Waals surface area contributed by atoms with Gasteiger partial charge in [0.1, 0.15) is 0 Å². The molecule has 0 spiro atoms. The van der Waals surface area contributed by atoms with E-state index < -0.39 is 0 Å². The fourth-order valence-corrected chi connectivity index (χ4v) is 7.98. The van der Waals surface area contributed by atoms with Crippen molar-refractivity contribution in [1.29, 1.82) is 0 Å². The summed E-state index contributed by atoms with van der Waals surface area (Å²) in [7, 11) is 0. The Morgan fingerprint density at radius 1 is 0.682 bits per heavy atom. The van der Waals surface area contributed by atoms with Crippen molar-refractivity contribution in [3.05, 3.63) is 0 Å². The SMILES string of the molecule is C.CC(C)CC1(N)CCN(C(C)C)CC1.CC(C)N1CCC(C)(N2CC[C@H](C)C2)CC1.CCC1(CN)CCN(C(C)C)CC1. The van der Waals surface area contributed by atoms with E-state index in [4.69, 9.17) is 11.5 Å². The van der Waals surface area contributed by atoms with Crippen LogP contribution in [0, 0.1) is 17.3 Å². The summed E-state index contributed by atoms with van der Waals surface area (Å²) in [5, 5.41) is 0. The van der Waals surface area contributed by atoms with Crippen LogP contribution in [-0.2, 0) is 0 Å². The minimum atomic E-state index is 0. The van der Waals surface area contributed by atoms with Crippen LogP contribution in [0.3, 0.4) is 0 Å². The van der Waals surface area contributed by atoms with E-state index >= 15 is 0 Å². The van der Waals surface area contributed by atoms with Gasteiger partial charge in [0.25, 0.3) is 0 Å². The fraction of sp³-hybridized carbons (Fsp3) is 1.00. The largest absolute Gasteiger partial charge is 0.330 e. The van der Waals surface area contributed by atoms with Crippen LogP contribution in [0.1, 0.15) is 141 Å². The van der Waals surface area contributed by atoms with E-state index in [0.717, 1.165) is 24.4 Å². The predicted molar refractivity (Wildman–Crippen MR) is 196 cm³/mol. The van der Waals surface area contributed by atoms with Gasteiger partial charge in [0.05, 0.1) is 0 Å². The highest BCUT2D eigenvalue weighted by atomic mass is 15.3. The lowest BCUT2D eigenvalue weighted by Gasteiger charge is -2.46. The Labute approximate surface area is 277 Å². The zero-order chi connectivity index (χ0) is 32.4. The molecule has 1 atom stereocenters. The minimum absolute atomic E-state index is 0. The van der Waals surface area contributed by atoms with E-state index in [2.05, 4.69) is 95.8 Å².